The van der Waals surface area contributed by atoms with Gasteiger partial charge in [0.25, 0.3) is 5.91 Å². The molecular weight excluding hydrogens is 170 g/mol. The van der Waals surface area contributed by atoms with Crippen molar-refractivity contribution in [1.82, 2.24) is 5.32 Å². The Morgan fingerprint density at radius 1 is 1.50 bits per heavy atom. The molecule has 1 aliphatic heterocycles. The minimum Gasteiger partial charge on any atom is -0.352 e. The minimum absolute atomic E-state index is 0.0289. The number of amides is 1. The van der Waals surface area contributed by atoms with Gasteiger partial charge < -0.3 is 5.32 Å². The quantitative estimate of drug-likeness (QED) is 0.632. The first-order valence-corrected chi connectivity index (χ1v) is 4.66. The molecule has 3 heteroatoms. The summed E-state index contributed by atoms with van der Waals surface area (Å²) in [6.45, 7) is 6.69. The van der Waals surface area contributed by atoms with Crippen molar-refractivity contribution >= 4 is 23.5 Å². The van der Waals surface area contributed by atoms with Crippen molar-refractivity contribution < 1.29 is 4.79 Å². The lowest BCUT2D eigenvalue weighted by Gasteiger charge is -2.14. The standard InChI is InChI=1S/C7H9NOS.C2H6/c1-5-2-3-8-7(9)6(5)4-10;1-2/h4H,2-3H2,1H3,(H,8,9);1-2H3. The Kier molecular flexibility index (Phi) is 5.54. The van der Waals surface area contributed by atoms with Crippen LogP contribution in [0.5, 0.6) is 0 Å². The molecular formula is C9H15NOS. The van der Waals surface area contributed by atoms with Crippen LogP contribution in [-0.2, 0) is 4.79 Å². The lowest BCUT2D eigenvalue weighted by atomic mass is 10.0. The number of hydrogen-bond acceptors (Lipinski definition) is 2. The van der Waals surface area contributed by atoms with Gasteiger partial charge in [-0.3, -0.25) is 4.79 Å². The third kappa shape index (κ3) is 2.74. The average molecular weight is 185 g/mol. The zero-order valence-corrected chi connectivity index (χ0v) is 8.62. The van der Waals surface area contributed by atoms with Crippen molar-refractivity contribution in [3.05, 3.63) is 11.1 Å². The average Bonchev–Trinajstić information content (AvgIpc) is 2.08. The lowest BCUT2D eigenvalue weighted by Crippen LogP contribution is -2.31. The molecule has 1 heterocycles. The molecule has 0 aromatic carbocycles. The summed E-state index contributed by atoms with van der Waals surface area (Å²) in [6.07, 6.45) is 0.925. The minimum atomic E-state index is -0.0289. The summed E-state index contributed by atoms with van der Waals surface area (Å²) in [5.41, 5.74) is 1.76. The molecule has 0 aliphatic carbocycles. The van der Waals surface area contributed by atoms with E-state index in [0.29, 0.717) is 5.57 Å². The second-order valence-electron chi connectivity index (χ2n) is 2.32. The highest BCUT2D eigenvalue weighted by atomic mass is 32.1. The Morgan fingerprint density at radius 2 is 2.08 bits per heavy atom. The Bertz CT molecular complexity index is 209. The molecule has 0 aromatic heterocycles. The van der Waals surface area contributed by atoms with Crippen LogP contribution in [0.1, 0.15) is 27.2 Å². The highest BCUT2D eigenvalue weighted by Crippen LogP contribution is 2.10. The van der Waals surface area contributed by atoms with Gasteiger partial charge in [-0.2, -0.15) is 0 Å². The maximum atomic E-state index is 11.0. The van der Waals surface area contributed by atoms with E-state index in [2.05, 4.69) is 17.5 Å². The van der Waals surface area contributed by atoms with Crippen LogP contribution in [0.3, 0.4) is 0 Å². The lowest BCUT2D eigenvalue weighted by molar-refractivity contribution is -0.117. The van der Waals surface area contributed by atoms with Crippen LogP contribution < -0.4 is 5.32 Å². The monoisotopic (exact) mass is 185 g/mol. The van der Waals surface area contributed by atoms with Gasteiger partial charge in [-0.1, -0.05) is 31.6 Å². The Hall–Kier alpha value is -0.700. The summed E-state index contributed by atoms with van der Waals surface area (Å²) in [7, 11) is 0. The summed E-state index contributed by atoms with van der Waals surface area (Å²) < 4.78 is 0. The van der Waals surface area contributed by atoms with Crippen LogP contribution in [0, 0.1) is 0 Å². The SMILES string of the molecule is CC.CC1=C(C=S)C(=O)NCC1. The first-order valence-electron chi connectivity index (χ1n) is 4.19. The van der Waals surface area contributed by atoms with Gasteiger partial charge in [0.1, 0.15) is 0 Å². The fraction of sp³-hybridized carbons (Fsp3) is 0.556. The van der Waals surface area contributed by atoms with E-state index >= 15 is 0 Å². The summed E-state index contributed by atoms with van der Waals surface area (Å²) >= 11 is 4.68. The maximum Gasteiger partial charge on any atom is 0.252 e. The molecule has 12 heavy (non-hydrogen) atoms. The van der Waals surface area contributed by atoms with E-state index in [-0.39, 0.29) is 5.91 Å². The Labute approximate surface area is 79.0 Å². The molecule has 1 amide bonds. The van der Waals surface area contributed by atoms with Crippen molar-refractivity contribution in [3.8, 4) is 0 Å². The first-order chi connectivity index (χ1) is 5.75. The fourth-order valence-electron chi connectivity index (χ4n) is 0.941. The molecule has 2 nitrogen and oxygen atoms in total. The Balaban J connectivity index is 0.000000561. The van der Waals surface area contributed by atoms with E-state index in [1.807, 2.05) is 20.8 Å². The van der Waals surface area contributed by atoms with Gasteiger partial charge in [-0.05, 0) is 13.3 Å². The van der Waals surface area contributed by atoms with Gasteiger partial charge in [0.15, 0.2) is 0 Å². The highest BCUT2D eigenvalue weighted by molar-refractivity contribution is 7.79. The molecule has 68 valence electrons. The fourth-order valence-corrected chi connectivity index (χ4v) is 1.25. The second kappa shape index (κ2) is 5.89. The molecule has 0 spiro atoms. The zero-order chi connectivity index (χ0) is 9.56. The number of carbonyl (C=O) groups is 1. The normalized spacial score (nSPS) is 16.1. The smallest absolute Gasteiger partial charge is 0.252 e. The number of hydrogen-bond donors (Lipinski definition) is 1. The second-order valence-corrected chi connectivity index (χ2v) is 2.55. The largest absolute Gasteiger partial charge is 0.352 e. The van der Waals surface area contributed by atoms with Crippen LogP contribution in [0.4, 0.5) is 0 Å². The van der Waals surface area contributed by atoms with Gasteiger partial charge in [0.2, 0.25) is 0 Å². The molecule has 0 fully saturated rings. The van der Waals surface area contributed by atoms with E-state index in [1.54, 1.807) is 0 Å². The molecule has 0 saturated carbocycles. The van der Waals surface area contributed by atoms with Crippen LogP contribution >= 0.6 is 12.2 Å². The van der Waals surface area contributed by atoms with Gasteiger partial charge in [0.05, 0.1) is 0 Å². The van der Waals surface area contributed by atoms with Crippen LogP contribution in [0.25, 0.3) is 0 Å². The van der Waals surface area contributed by atoms with Crippen LogP contribution in [-0.4, -0.2) is 17.8 Å². The highest BCUT2D eigenvalue weighted by Gasteiger charge is 2.13. The van der Waals surface area contributed by atoms with Crippen molar-refractivity contribution in [2.75, 3.05) is 6.54 Å². The predicted molar refractivity (Wildman–Crippen MR) is 55.3 cm³/mol. The molecule has 0 unspecified atom stereocenters. The van der Waals surface area contributed by atoms with Crippen LogP contribution in [0.2, 0.25) is 0 Å². The molecule has 0 bridgehead atoms. The predicted octanol–water partition coefficient (Wildman–Crippen LogP) is 1.85. The Morgan fingerprint density at radius 3 is 2.42 bits per heavy atom. The molecule has 1 N–H and O–H groups in total. The topological polar surface area (TPSA) is 29.1 Å². The molecule has 0 atom stereocenters. The molecule has 0 radical (unpaired) electrons. The number of carbonyl (C=O) groups excluding carboxylic acids is 1. The molecule has 1 rings (SSSR count). The summed E-state index contributed by atoms with van der Waals surface area (Å²) in [4.78, 5) is 11.0. The van der Waals surface area contributed by atoms with Crippen LogP contribution in [0.15, 0.2) is 11.1 Å². The van der Waals surface area contributed by atoms with E-state index in [9.17, 15) is 4.79 Å². The summed E-state index contributed by atoms with van der Waals surface area (Å²) in [5, 5.41) is 4.17. The molecule has 1 aliphatic rings. The van der Waals surface area contributed by atoms with Crippen molar-refractivity contribution in [2.45, 2.75) is 27.2 Å². The van der Waals surface area contributed by atoms with E-state index in [0.717, 1.165) is 18.5 Å². The van der Waals surface area contributed by atoms with Crippen molar-refractivity contribution in [1.29, 1.82) is 0 Å². The summed E-state index contributed by atoms with van der Waals surface area (Å²) in [6, 6.07) is 0. The third-order valence-corrected chi connectivity index (χ3v) is 1.84. The van der Waals surface area contributed by atoms with E-state index in [4.69, 9.17) is 0 Å². The zero-order valence-electron chi connectivity index (χ0n) is 7.81. The van der Waals surface area contributed by atoms with Gasteiger partial charge >= 0.3 is 0 Å². The summed E-state index contributed by atoms with van der Waals surface area (Å²) in [5.74, 6) is -0.0289. The third-order valence-electron chi connectivity index (χ3n) is 1.61. The van der Waals surface area contributed by atoms with Gasteiger partial charge in [-0.25, -0.2) is 0 Å². The number of rotatable bonds is 1. The van der Waals surface area contributed by atoms with Crippen molar-refractivity contribution in [2.24, 2.45) is 0 Å². The number of nitrogens with one attached hydrogen (secondary N) is 1. The van der Waals surface area contributed by atoms with E-state index in [1.165, 1.54) is 5.37 Å². The maximum absolute atomic E-state index is 11.0. The molecule has 0 saturated heterocycles. The van der Waals surface area contributed by atoms with Gasteiger partial charge in [0, 0.05) is 17.5 Å². The van der Waals surface area contributed by atoms with Crippen molar-refractivity contribution in [3.63, 3.8) is 0 Å². The van der Waals surface area contributed by atoms with E-state index < -0.39 is 0 Å². The van der Waals surface area contributed by atoms with Gasteiger partial charge in [-0.15, -0.1) is 0 Å². The first kappa shape index (κ1) is 11.3. The molecule has 0 aromatic rings. The number of thiocarbonyl (C=S) groups is 1.